The molecule has 2 amide bonds. The predicted molar refractivity (Wildman–Crippen MR) is 88.5 cm³/mol. The van der Waals surface area contributed by atoms with E-state index in [4.69, 9.17) is 10.5 Å². The van der Waals surface area contributed by atoms with E-state index in [1.807, 2.05) is 0 Å². The van der Waals surface area contributed by atoms with E-state index in [-0.39, 0.29) is 0 Å². The van der Waals surface area contributed by atoms with E-state index in [0.717, 1.165) is 41.7 Å². The number of thiophene rings is 1. The molecule has 7 heteroatoms. The van der Waals surface area contributed by atoms with Crippen molar-refractivity contribution in [2.75, 3.05) is 11.9 Å². The van der Waals surface area contributed by atoms with Crippen molar-refractivity contribution in [3.8, 4) is 0 Å². The number of primary amides is 1. The van der Waals surface area contributed by atoms with Gasteiger partial charge in [0.05, 0.1) is 5.56 Å². The number of esters is 1. The minimum Gasteiger partial charge on any atom is -0.452 e. The molecule has 1 aliphatic carbocycles. The summed E-state index contributed by atoms with van der Waals surface area (Å²) in [5, 5.41) is 3.09. The minimum absolute atomic E-state index is 0.397. The number of hydrogen-bond donors (Lipinski definition) is 2. The van der Waals surface area contributed by atoms with Gasteiger partial charge in [-0.3, -0.25) is 9.59 Å². The fraction of sp³-hybridized carbons (Fsp3) is 0.438. The molecule has 0 fully saturated rings. The maximum atomic E-state index is 11.9. The van der Waals surface area contributed by atoms with Gasteiger partial charge < -0.3 is 15.8 Å². The Hall–Kier alpha value is -2.15. The summed E-state index contributed by atoms with van der Waals surface area (Å²) in [6.07, 6.45) is 5.09. The SMILES string of the molecule is CC(C)=CC(=O)OCC(=O)Nc1sc2c(c1C(N)=O)CCCC2. The minimum atomic E-state index is -0.569. The van der Waals surface area contributed by atoms with Crippen molar-refractivity contribution >= 4 is 34.1 Å². The maximum Gasteiger partial charge on any atom is 0.331 e. The second-order valence-electron chi connectivity index (χ2n) is 5.66. The van der Waals surface area contributed by atoms with E-state index in [1.165, 1.54) is 17.4 Å². The van der Waals surface area contributed by atoms with Gasteiger partial charge in [-0.2, -0.15) is 0 Å². The molecular weight excluding hydrogens is 316 g/mol. The van der Waals surface area contributed by atoms with Crippen LogP contribution in [0.25, 0.3) is 0 Å². The topological polar surface area (TPSA) is 98.5 Å². The summed E-state index contributed by atoms with van der Waals surface area (Å²) in [4.78, 5) is 36.1. The lowest BCUT2D eigenvalue weighted by Crippen LogP contribution is -2.22. The Labute approximate surface area is 138 Å². The van der Waals surface area contributed by atoms with Crippen molar-refractivity contribution in [1.29, 1.82) is 0 Å². The van der Waals surface area contributed by atoms with Crippen molar-refractivity contribution in [2.45, 2.75) is 39.5 Å². The van der Waals surface area contributed by atoms with Crippen LogP contribution in [0.15, 0.2) is 11.6 Å². The molecule has 1 aliphatic rings. The summed E-state index contributed by atoms with van der Waals surface area (Å²) in [7, 11) is 0. The van der Waals surface area contributed by atoms with Crippen molar-refractivity contribution in [3.05, 3.63) is 27.7 Å². The first kappa shape index (κ1) is 17.2. The molecule has 2 rings (SSSR count). The first-order valence-electron chi connectivity index (χ1n) is 7.44. The number of carbonyl (C=O) groups excluding carboxylic acids is 3. The highest BCUT2D eigenvalue weighted by Gasteiger charge is 2.25. The molecule has 0 saturated carbocycles. The Morgan fingerprint density at radius 3 is 2.61 bits per heavy atom. The number of ether oxygens (including phenoxy) is 1. The summed E-state index contributed by atoms with van der Waals surface area (Å²) < 4.78 is 4.85. The number of carbonyl (C=O) groups is 3. The molecule has 0 bridgehead atoms. The lowest BCUT2D eigenvalue weighted by molar-refractivity contribution is -0.142. The summed E-state index contributed by atoms with van der Waals surface area (Å²) in [5.41, 5.74) is 7.59. The molecule has 1 aromatic heterocycles. The van der Waals surface area contributed by atoms with Gasteiger partial charge >= 0.3 is 5.97 Å². The van der Waals surface area contributed by atoms with E-state index in [9.17, 15) is 14.4 Å². The Kier molecular flexibility index (Phi) is 5.54. The maximum absolute atomic E-state index is 11.9. The lowest BCUT2D eigenvalue weighted by atomic mass is 9.95. The number of nitrogens with two attached hydrogens (primary N) is 1. The van der Waals surface area contributed by atoms with Gasteiger partial charge in [0.15, 0.2) is 6.61 Å². The molecule has 0 aliphatic heterocycles. The van der Waals surface area contributed by atoms with Crippen molar-refractivity contribution < 1.29 is 19.1 Å². The zero-order valence-electron chi connectivity index (χ0n) is 13.2. The van der Waals surface area contributed by atoms with E-state index in [2.05, 4.69) is 5.32 Å². The van der Waals surface area contributed by atoms with E-state index in [1.54, 1.807) is 13.8 Å². The van der Waals surface area contributed by atoms with Gasteiger partial charge in [-0.1, -0.05) is 5.57 Å². The van der Waals surface area contributed by atoms with Crippen LogP contribution in [0.4, 0.5) is 5.00 Å². The smallest absolute Gasteiger partial charge is 0.331 e. The van der Waals surface area contributed by atoms with Crippen LogP contribution in [0.1, 0.15) is 47.5 Å². The standard InChI is InChI=1S/C16H20N2O4S/c1-9(2)7-13(20)22-8-12(19)18-16-14(15(17)21)10-5-3-4-6-11(10)23-16/h7H,3-6,8H2,1-2H3,(H2,17,21)(H,18,19). The molecule has 0 spiro atoms. The first-order valence-corrected chi connectivity index (χ1v) is 8.26. The van der Waals surface area contributed by atoms with Gasteiger partial charge in [0.2, 0.25) is 0 Å². The molecule has 0 aromatic carbocycles. The highest BCUT2D eigenvalue weighted by molar-refractivity contribution is 7.17. The molecule has 1 heterocycles. The molecule has 6 nitrogen and oxygen atoms in total. The highest BCUT2D eigenvalue weighted by Crippen LogP contribution is 2.37. The zero-order chi connectivity index (χ0) is 17.0. The highest BCUT2D eigenvalue weighted by atomic mass is 32.1. The fourth-order valence-electron chi connectivity index (χ4n) is 2.49. The average Bonchev–Trinajstić information content (AvgIpc) is 2.82. The van der Waals surface area contributed by atoms with Gasteiger partial charge in [0.25, 0.3) is 11.8 Å². The number of aryl methyl sites for hydroxylation is 1. The van der Waals surface area contributed by atoms with Gasteiger partial charge in [-0.05, 0) is 45.1 Å². The Morgan fingerprint density at radius 2 is 1.96 bits per heavy atom. The van der Waals surface area contributed by atoms with Crippen molar-refractivity contribution in [1.82, 2.24) is 0 Å². The molecule has 1 aromatic rings. The second kappa shape index (κ2) is 7.41. The molecule has 0 radical (unpaired) electrons. The number of hydrogen-bond acceptors (Lipinski definition) is 5. The fourth-order valence-corrected chi connectivity index (χ4v) is 3.80. The van der Waals surface area contributed by atoms with Crippen LogP contribution >= 0.6 is 11.3 Å². The first-order chi connectivity index (χ1) is 10.9. The quantitative estimate of drug-likeness (QED) is 0.636. The molecule has 0 saturated heterocycles. The van der Waals surface area contributed by atoms with Crippen LogP contribution in [0, 0.1) is 0 Å². The van der Waals surface area contributed by atoms with E-state index < -0.39 is 24.4 Å². The molecule has 3 N–H and O–H groups in total. The van der Waals surface area contributed by atoms with E-state index in [0.29, 0.717) is 10.6 Å². The van der Waals surface area contributed by atoms with Crippen LogP contribution in [-0.2, 0) is 27.2 Å². The Morgan fingerprint density at radius 1 is 1.26 bits per heavy atom. The van der Waals surface area contributed by atoms with Crippen molar-refractivity contribution in [3.63, 3.8) is 0 Å². The van der Waals surface area contributed by atoms with Crippen LogP contribution in [0.5, 0.6) is 0 Å². The van der Waals surface area contributed by atoms with Crippen LogP contribution < -0.4 is 11.1 Å². The Balaban J connectivity index is 2.06. The van der Waals surface area contributed by atoms with Gasteiger partial charge in [-0.15, -0.1) is 11.3 Å². The Bertz CT molecular complexity index is 672. The third-order valence-electron chi connectivity index (χ3n) is 3.42. The van der Waals surface area contributed by atoms with Crippen molar-refractivity contribution in [2.24, 2.45) is 5.73 Å². The monoisotopic (exact) mass is 336 g/mol. The summed E-state index contributed by atoms with van der Waals surface area (Å²) >= 11 is 1.38. The molecule has 23 heavy (non-hydrogen) atoms. The van der Waals surface area contributed by atoms with Crippen LogP contribution in [-0.4, -0.2) is 24.4 Å². The number of fused-ring (bicyclic) bond motifs is 1. The third kappa shape index (κ3) is 4.41. The van der Waals surface area contributed by atoms with Crippen LogP contribution in [0.2, 0.25) is 0 Å². The van der Waals surface area contributed by atoms with Crippen LogP contribution in [0.3, 0.4) is 0 Å². The van der Waals surface area contributed by atoms with E-state index >= 15 is 0 Å². The molecule has 0 atom stereocenters. The van der Waals surface area contributed by atoms with Gasteiger partial charge in [-0.25, -0.2) is 4.79 Å². The molecule has 0 unspecified atom stereocenters. The normalized spacial score (nSPS) is 13.0. The number of nitrogens with one attached hydrogen (secondary N) is 1. The summed E-state index contributed by atoms with van der Waals surface area (Å²) in [6.45, 7) is 3.12. The summed E-state index contributed by atoms with van der Waals surface area (Å²) in [6, 6.07) is 0. The number of allylic oxidation sites excluding steroid dienone is 1. The predicted octanol–water partition coefficient (Wildman–Crippen LogP) is 2.17. The number of amides is 2. The van der Waals surface area contributed by atoms with Gasteiger partial charge in [0.1, 0.15) is 5.00 Å². The number of rotatable bonds is 5. The van der Waals surface area contributed by atoms with Gasteiger partial charge in [0, 0.05) is 11.0 Å². The third-order valence-corrected chi connectivity index (χ3v) is 4.63. The average molecular weight is 336 g/mol. The summed E-state index contributed by atoms with van der Waals surface area (Å²) in [5.74, 6) is -1.59. The number of anilines is 1. The second-order valence-corrected chi connectivity index (χ2v) is 6.76. The molecular formula is C16H20N2O4S. The largest absolute Gasteiger partial charge is 0.452 e. The zero-order valence-corrected chi connectivity index (χ0v) is 14.0. The molecule has 124 valence electrons. The lowest BCUT2D eigenvalue weighted by Gasteiger charge is -2.11.